The number of nitrogens with zero attached hydrogens (tertiary/aromatic N) is 1. The van der Waals surface area contributed by atoms with Crippen molar-refractivity contribution in [2.24, 2.45) is 0 Å². The molecule has 0 atom stereocenters. The summed E-state index contributed by atoms with van der Waals surface area (Å²) in [6, 6.07) is 3.97. The second-order valence-corrected chi connectivity index (χ2v) is 7.05. The van der Waals surface area contributed by atoms with Crippen molar-refractivity contribution in [3.63, 3.8) is 0 Å². The third-order valence-corrected chi connectivity index (χ3v) is 4.89. The summed E-state index contributed by atoms with van der Waals surface area (Å²) in [6.45, 7) is 2.36. The zero-order valence-electron chi connectivity index (χ0n) is 16.7. The number of aryl methyl sites for hydroxylation is 1. The summed E-state index contributed by atoms with van der Waals surface area (Å²) in [5.41, 5.74) is 1.64. The minimum Gasteiger partial charge on any atom is -0.489 e. The van der Waals surface area contributed by atoms with Crippen LogP contribution in [0.3, 0.4) is 0 Å². The standard InChI is InChI=1S/C21H24FN3O5/c1-2-8-25(21(28)29)9-10-30-18-7-6-13(11-15(18)22)24-20(27)14-12-23-16-4-3-5-17(26)19(14)16/h6-7,11-12,23H,2-5,8-10H2,1H3,(H,24,27)(H,28,29). The maximum Gasteiger partial charge on any atom is 0.407 e. The Morgan fingerprint density at radius 3 is 2.80 bits per heavy atom. The maximum atomic E-state index is 14.3. The Morgan fingerprint density at radius 2 is 2.10 bits per heavy atom. The van der Waals surface area contributed by atoms with Gasteiger partial charge in [0.15, 0.2) is 17.3 Å². The summed E-state index contributed by atoms with van der Waals surface area (Å²) >= 11 is 0. The molecule has 2 amide bonds. The molecular weight excluding hydrogens is 393 g/mol. The Labute approximate surface area is 173 Å². The number of ketones is 1. The van der Waals surface area contributed by atoms with Crippen molar-refractivity contribution in [3.05, 3.63) is 47.0 Å². The van der Waals surface area contributed by atoms with Crippen LogP contribution in [0.5, 0.6) is 5.75 Å². The summed E-state index contributed by atoms with van der Waals surface area (Å²) in [5.74, 6) is -1.29. The fourth-order valence-corrected chi connectivity index (χ4v) is 3.44. The fraction of sp³-hybridized carbons (Fsp3) is 0.381. The molecule has 0 unspecified atom stereocenters. The summed E-state index contributed by atoms with van der Waals surface area (Å²) in [6.07, 6.45) is 3.00. The van der Waals surface area contributed by atoms with Gasteiger partial charge < -0.3 is 25.0 Å². The number of fused-ring (bicyclic) bond motifs is 1. The van der Waals surface area contributed by atoms with Crippen molar-refractivity contribution in [2.75, 3.05) is 25.0 Å². The first-order chi connectivity index (χ1) is 14.4. The minimum atomic E-state index is -1.05. The third kappa shape index (κ3) is 4.79. The molecule has 30 heavy (non-hydrogen) atoms. The topological polar surface area (TPSA) is 112 Å². The van der Waals surface area contributed by atoms with Crippen LogP contribution in [0.25, 0.3) is 0 Å². The normalized spacial score (nSPS) is 12.9. The molecule has 3 rings (SSSR count). The first kappa shape index (κ1) is 21.4. The van der Waals surface area contributed by atoms with Gasteiger partial charge in [-0.15, -0.1) is 0 Å². The molecule has 2 aromatic rings. The number of H-pyrrole nitrogens is 1. The van der Waals surface area contributed by atoms with Gasteiger partial charge in [0, 0.05) is 36.6 Å². The molecule has 0 saturated carbocycles. The summed E-state index contributed by atoms with van der Waals surface area (Å²) in [5, 5.41) is 11.7. The van der Waals surface area contributed by atoms with E-state index in [2.05, 4.69) is 10.3 Å². The quantitative estimate of drug-likeness (QED) is 0.606. The lowest BCUT2D eigenvalue weighted by Gasteiger charge is -2.18. The number of halogens is 1. The van der Waals surface area contributed by atoms with Gasteiger partial charge in [-0.05, 0) is 31.4 Å². The van der Waals surface area contributed by atoms with Gasteiger partial charge in [0.1, 0.15) is 6.61 Å². The lowest BCUT2D eigenvalue weighted by Crippen LogP contribution is -2.34. The van der Waals surface area contributed by atoms with Crippen molar-refractivity contribution in [1.82, 2.24) is 9.88 Å². The number of carbonyl (C=O) groups is 3. The van der Waals surface area contributed by atoms with Gasteiger partial charge in [0.25, 0.3) is 5.91 Å². The summed E-state index contributed by atoms with van der Waals surface area (Å²) in [4.78, 5) is 40.0. The first-order valence-corrected chi connectivity index (χ1v) is 9.85. The molecule has 0 aliphatic heterocycles. The molecule has 0 saturated heterocycles. The van der Waals surface area contributed by atoms with Crippen LogP contribution in [0, 0.1) is 5.82 Å². The van der Waals surface area contributed by atoms with E-state index < -0.39 is 17.8 Å². The van der Waals surface area contributed by atoms with E-state index in [0.717, 1.165) is 18.2 Å². The Hall–Kier alpha value is -3.36. The van der Waals surface area contributed by atoms with Crippen LogP contribution in [0.4, 0.5) is 14.9 Å². The number of carbonyl (C=O) groups excluding carboxylic acids is 2. The Morgan fingerprint density at radius 1 is 1.30 bits per heavy atom. The summed E-state index contributed by atoms with van der Waals surface area (Å²) in [7, 11) is 0. The molecule has 1 aliphatic rings. The molecule has 0 spiro atoms. The molecule has 160 valence electrons. The third-order valence-electron chi connectivity index (χ3n) is 4.89. The highest BCUT2D eigenvalue weighted by molar-refractivity contribution is 6.13. The zero-order chi connectivity index (χ0) is 21.7. The van der Waals surface area contributed by atoms with E-state index in [-0.39, 0.29) is 35.9 Å². The largest absolute Gasteiger partial charge is 0.489 e. The highest BCUT2D eigenvalue weighted by atomic mass is 19.1. The monoisotopic (exact) mass is 417 g/mol. The van der Waals surface area contributed by atoms with E-state index >= 15 is 0 Å². The van der Waals surface area contributed by atoms with Crippen molar-refractivity contribution in [2.45, 2.75) is 32.6 Å². The predicted octanol–water partition coefficient (Wildman–Crippen LogP) is 3.69. The Bertz CT molecular complexity index is 956. The van der Waals surface area contributed by atoms with Gasteiger partial charge in [-0.25, -0.2) is 9.18 Å². The Balaban J connectivity index is 1.62. The van der Waals surface area contributed by atoms with Gasteiger partial charge in [0.2, 0.25) is 0 Å². The average molecular weight is 417 g/mol. The lowest BCUT2D eigenvalue weighted by atomic mass is 9.93. The number of anilines is 1. The molecule has 1 aromatic heterocycles. The van der Waals surface area contributed by atoms with E-state index in [4.69, 9.17) is 9.84 Å². The SMILES string of the molecule is CCCN(CCOc1ccc(NC(=O)c2c[nH]c3c2C(=O)CCC3)cc1F)C(=O)O. The second-order valence-electron chi connectivity index (χ2n) is 7.05. The van der Waals surface area contributed by atoms with Crippen LogP contribution in [-0.4, -0.2) is 52.5 Å². The van der Waals surface area contributed by atoms with Gasteiger partial charge in [-0.2, -0.15) is 0 Å². The van der Waals surface area contributed by atoms with Crippen molar-refractivity contribution >= 4 is 23.5 Å². The van der Waals surface area contributed by atoms with E-state index in [1.165, 1.54) is 23.2 Å². The molecule has 0 fully saturated rings. The first-order valence-electron chi connectivity index (χ1n) is 9.85. The number of aromatic amines is 1. The average Bonchev–Trinajstić information content (AvgIpc) is 3.14. The number of hydrogen-bond donors (Lipinski definition) is 3. The van der Waals surface area contributed by atoms with Crippen LogP contribution < -0.4 is 10.1 Å². The second kappa shape index (κ2) is 9.43. The van der Waals surface area contributed by atoms with E-state index in [9.17, 15) is 18.8 Å². The van der Waals surface area contributed by atoms with Crippen LogP contribution in [0.15, 0.2) is 24.4 Å². The van der Waals surface area contributed by atoms with Crippen LogP contribution in [0.1, 0.15) is 52.6 Å². The van der Waals surface area contributed by atoms with Crippen molar-refractivity contribution in [1.29, 1.82) is 0 Å². The number of nitrogens with one attached hydrogen (secondary N) is 2. The zero-order valence-corrected chi connectivity index (χ0v) is 16.7. The van der Waals surface area contributed by atoms with Gasteiger partial charge >= 0.3 is 6.09 Å². The molecule has 1 aromatic carbocycles. The number of carboxylic acid groups (broad SMARTS) is 1. The highest BCUT2D eigenvalue weighted by Crippen LogP contribution is 2.26. The highest BCUT2D eigenvalue weighted by Gasteiger charge is 2.26. The van der Waals surface area contributed by atoms with Crippen LogP contribution >= 0.6 is 0 Å². The number of hydrogen-bond acceptors (Lipinski definition) is 4. The number of aromatic nitrogens is 1. The molecule has 0 bridgehead atoms. The molecule has 8 nitrogen and oxygen atoms in total. The number of Topliss-reactive ketones (excluding diaryl/α,β-unsaturated/α-hetero) is 1. The molecular formula is C21H24FN3O5. The van der Waals surface area contributed by atoms with Gasteiger partial charge in [-0.1, -0.05) is 6.92 Å². The van der Waals surface area contributed by atoms with Gasteiger partial charge in [-0.3, -0.25) is 9.59 Å². The molecule has 1 aliphatic carbocycles. The maximum absolute atomic E-state index is 14.3. The fourth-order valence-electron chi connectivity index (χ4n) is 3.44. The van der Waals surface area contributed by atoms with E-state index in [0.29, 0.717) is 31.4 Å². The van der Waals surface area contributed by atoms with Crippen molar-refractivity contribution < 1.29 is 28.6 Å². The number of amides is 2. The number of benzene rings is 1. The Kier molecular flexibility index (Phi) is 6.71. The number of rotatable bonds is 8. The summed E-state index contributed by atoms with van der Waals surface area (Å²) < 4.78 is 19.7. The van der Waals surface area contributed by atoms with E-state index in [1.807, 2.05) is 6.92 Å². The number of ether oxygens (including phenoxy) is 1. The minimum absolute atomic E-state index is 0.00647. The molecule has 9 heteroatoms. The van der Waals surface area contributed by atoms with E-state index in [1.54, 1.807) is 0 Å². The molecule has 1 heterocycles. The lowest BCUT2D eigenvalue weighted by molar-refractivity contribution is 0.0956. The molecule has 3 N–H and O–H groups in total. The van der Waals surface area contributed by atoms with Crippen molar-refractivity contribution in [3.8, 4) is 5.75 Å². The van der Waals surface area contributed by atoms with Crippen LogP contribution in [0.2, 0.25) is 0 Å². The van der Waals surface area contributed by atoms with Crippen LogP contribution in [-0.2, 0) is 6.42 Å². The van der Waals surface area contributed by atoms with Gasteiger partial charge in [0.05, 0.1) is 17.7 Å². The molecule has 0 radical (unpaired) electrons. The smallest absolute Gasteiger partial charge is 0.407 e. The predicted molar refractivity (Wildman–Crippen MR) is 108 cm³/mol.